The van der Waals surface area contributed by atoms with Crippen LogP contribution in [0.25, 0.3) is 11.6 Å². The maximum atomic E-state index is 13.8. The number of H-pyrrole nitrogens is 1. The first kappa shape index (κ1) is 30.1. The Morgan fingerprint density at radius 1 is 1.07 bits per heavy atom. The van der Waals surface area contributed by atoms with E-state index in [1.54, 1.807) is 31.2 Å². The zero-order valence-corrected chi connectivity index (χ0v) is 26.3. The van der Waals surface area contributed by atoms with Crippen LogP contribution < -0.4 is 9.62 Å². The minimum Gasteiger partial charge on any atom is -0.462 e. The van der Waals surface area contributed by atoms with Crippen LogP contribution in [0.4, 0.5) is 11.4 Å². The number of likely N-dealkylation sites (N-methyl/N-ethyl adjacent to an activating group) is 1. The standard InChI is InChI=1S/C33H39N5O5S/c1-4-43-33(40)31-22(2)34-29(25(31)9-7-14-37-18-16-36(3)17-19-37)21-27-26-20-24(11-12-28(26)35-32(27)39)44(41,42)38-15-13-23-8-5-6-10-30(23)38/h5-6,8,10-12,20-21,34H,4,7,9,13-19H2,1-3H3,(H,35,39). The molecule has 0 spiro atoms. The number of hydrogen-bond acceptors (Lipinski definition) is 7. The summed E-state index contributed by atoms with van der Waals surface area (Å²) in [6.45, 7) is 9.23. The first-order chi connectivity index (χ1) is 21.2. The molecule has 44 heavy (non-hydrogen) atoms. The summed E-state index contributed by atoms with van der Waals surface area (Å²) < 4.78 is 34.4. The largest absolute Gasteiger partial charge is 0.462 e. The highest BCUT2D eigenvalue weighted by Gasteiger charge is 2.33. The Morgan fingerprint density at radius 2 is 1.84 bits per heavy atom. The molecule has 1 fully saturated rings. The molecule has 4 heterocycles. The van der Waals surface area contributed by atoms with Crippen molar-refractivity contribution in [2.45, 2.75) is 38.0 Å². The molecule has 1 aromatic heterocycles. The first-order valence-electron chi connectivity index (χ1n) is 15.2. The van der Waals surface area contributed by atoms with Crippen LogP contribution in [-0.2, 0) is 32.4 Å². The molecule has 1 saturated heterocycles. The molecule has 232 valence electrons. The van der Waals surface area contributed by atoms with Crippen molar-refractivity contribution in [3.63, 3.8) is 0 Å². The molecule has 0 bridgehead atoms. The Kier molecular flexibility index (Phi) is 8.36. The molecule has 0 atom stereocenters. The van der Waals surface area contributed by atoms with Crippen LogP contribution in [0.15, 0.2) is 47.4 Å². The number of benzene rings is 2. The second-order valence-electron chi connectivity index (χ2n) is 11.7. The number of ether oxygens (including phenoxy) is 1. The highest BCUT2D eigenvalue weighted by molar-refractivity contribution is 7.92. The predicted octanol–water partition coefficient (Wildman–Crippen LogP) is 3.92. The Bertz CT molecular complexity index is 1740. The third-order valence-electron chi connectivity index (χ3n) is 8.80. The number of rotatable bonds is 9. The van der Waals surface area contributed by atoms with Crippen molar-refractivity contribution in [1.29, 1.82) is 0 Å². The van der Waals surface area contributed by atoms with Gasteiger partial charge in [0.2, 0.25) is 0 Å². The third-order valence-corrected chi connectivity index (χ3v) is 10.6. The van der Waals surface area contributed by atoms with E-state index in [2.05, 4.69) is 27.1 Å². The molecular weight excluding hydrogens is 578 g/mol. The number of piperazine rings is 1. The summed E-state index contributed by atoms with van der Waals surface area (Å²) in [6, 6.07) is 12.3. The van der Waals surface area contributed by atoms with Gasteiger partial charge in [0.05, 0.1) is 28.3 Å². The lowest BCUT2D eigenvalue weighted by molar-refractivity contribution is -0.110. The number of sulfonamides is 1. The maximum absolute atomic E-state index is 13.8. The molecule has 2 N–H and O–H groups in total. The van der Waals surface area contributed by atoms with E-state index in [1.165, 1.54) is 4.31 Å². The molecule has 0 unspecified atom stereocenters. The zero-order valence-electron chi connectivity index (χ0n) is 25.5. The van der Waals surface area contributed by atoms with Crippen molar-refractivity contribution in [2.75, 3.05) is 62.5 Å². The summed E-state index contributed by atoms with van der Waals surface area (Å²) in [5.74, 6) is -0.717. The Balaban J connectivity index is 1.33. The monoisotopic (exact) mass is 617 g/mol. The van der Waals surface area contributed by atoms with Gasteiger partial charge in [0, 0.05) is 55.4 Å². The van der Waals surface area contributed by atoms with Gasteiger partial charge in [-0.3, -0.25) is 9.10 Å². The number of nitrogens with one attached hydrogen (secondary N) is 2. The topological polar surface area (TPSA) is 115 Å². The van der Waals surface area contributed by atoms with E-state index in [-0.39, 0.29) is 17.4 Å². The minimum atomic E-state index is -3.85. The minimum absolute atomic E-state index is 0.123. The number of anilines is 2. The number of hydrogen-bond donors (Lipinski definition) is 2. The van der Waals surface area contributed by atoms with E-state index in [9.17, 15) is 18.0 Å². The van der Waals surface area contributed by atoms with Crippen LogP contribution in [0.2, 0.25) is 0 Å². The molecule has 11 heteroatoms. The molecule has 2 aromatic carbocycles. The second kappa shape index (κ2) is 12.2. The van der Waals surface area contributed by atoms with Gasteiger partial charge >= 0.3 is 5.97 Å². The van der Waals surface area contributed by atoms with Crippen molar-refractivity contribution in [3.8, 4) is 0 Å². The van der Waals surface area contributed by atoms with Gasteiger partial charge in [-0.15, -0.1) is 0 Å². The lowest BCUT2D eigenvalue weighted by Crippen LogP contribution is -2.44. The van der Waals surface area contributed by atoms with Crippen LogP contribution in [0.1, 0.15) is 51.8 Å². The van der Waals surface area contributed by atoms with Gasteiger partial charge in [-0.05, 0) is 88.2 Å². The van der Waals surface area contributed by atoms with E-state index in [0.717, 1.165) is 50.3 Å². The average Bonchev–Trinajstić information content (AvgIpc) is 3.67. The predicted molar refractivity (Wildman–Crippen MR) is 171 cm³/mol. The van der Waals surface area contributed by atoms with Crippen LogP contribution in [0.5, 0.6) is 0 Å². The molecule has 0 aliphatic carbocycles. The average molecular weight is 618 g/mol. The molecule has 10 nitrogen and oxygen atoms in total. The van der Waals surface area contributed by atoms with E-state index in [4.69, 9.17) is 4.74 Å². The van der Waals surface area contributed by atoms with E-state index >= 15 is 0 Å². The number of nitrogens with zero attached hydrogens (tertiary/aromatic N) is 3. The highest BCUT2D eigenvalue weighted by atomic mass is 32.2. The number of para-hydroxylation sites is 1. The highest BCUT2D eigenvalue weighted by Crippen LogP contribution is 2.38. The van der Waals surface area contributed by atoms with Crippen LogP contribution in [-0.4, -0.2) is 88.0 Å². The van der Waals surface area contributed by atoms with Crippen LogP contribution in [0, 0.1) is 6.92 Å². The summed E-state index contributed by atoms with van der Waals surface area (Å²) in [5.41, 5.74) is 5.72. The van der Waals surface area contributed by atoms with Crippen molar-refractivity contribution in [1.82, 2.24) is 14.8 Å². The normalized spacial score (nSPS) is 18.0. The summed E-state index contributed by atoms with van der Waals surface area (Å²) in [4.78, 5) is 34.5. The summed E-state index contributed by atoms with van der Waals surface area (Å²) in [7, 11) is -1.72. The Labute approximate surface area is 258 Å². The van der Waals surface area contributed by atoms with E-state index in [1.807, 2.05) is 31.2 Å². The molecule has 6 rings (SSSR count). The van der Waals surface area contributed by atoms with Gasteiger partial charge in [0.15, 0.2) is 0 Å². The van der Waals surface area contributed by atoms with Gasteiger partial charge in [0.25, 0.3) is 15.9 Å². The number of fused-ring (bicyclic) bond motifs is 2. The van der Waals surface area contributed by atoms with Gasteiger partial charge in [0.1, 0.15) is 0 Å². The smallest absolute Gasteiger partial charge is 0.340 e. The number of esters is 1. The first-order valence-corrected chi connectivity index (χ1v) is 16.7. The summed E-state index contributed by atoms with van der Waals surface area (Å²) >= 11 is 0. The van der Waals surface area contributed by atoms with E-state index in [0.29, 0.717) is 58.8 Å². The van der Waals surface area contributed by atoms with Gasteiger partial charge in [-0.25, -0.2) is 13.2 Å². The van der Waals surface area contributed by atoms with Gasteiger partial charge in [-0.1, -0.05) is 18.2 Å². The Morgan fingerprint density at radius 3 is 2.61 bits per heavy atom. The number of carbonyl (C=O) groups is 2. The molecular formula is C33H39N5O5S. The molecule has 3 aliphatic heterocycles. The number of aryl methyl sites for hydroxylation is 1. The summed E-state index contributed by atoms with van der Waals surface area (Å²) in [6.07, 6.45) is 3.86. The number of amides is 1. The van der Waals surface area contributed by atoms with Crippen molar-refractivity contribution < 1.29 is 22.7 Å². The van der Waals surface area contributed by atoms with E-state index < -0.39 is 16.0 Å². The van der Waals surface area contributed by atoms with Crippen molar-refractivity contribution in [2.24, 2.45) is 0 Å². The van der Waals surface area contributed by atoms with Crippen molar-refractivity contribution >= 4 is 44.9 Å². The fraction of sp³-hybridized carbons (Fsp3) is 0.394. The number of aromatic nitrogens is 1. The number of aromatic amines is 1. The van der Waals surface area contributed by atoms with Crippen LogP contribution in [0.3, 0.4) is 0 Å². The molecule has 3 aromatic rings. The lowest BCUT2D eigenvalue weighted by Gasteiger charge is -2.32. The lowest BCUT2D eigenvalue weighted by atomic mass is 10.00. The molecule has 3 aliphatic rings. The number of carbonyl (C=O) groups excluding carboxylic acids is 2. The maximum Gasteiger partial charge on any atom is 0.340 e. The summed E-state index contributed by atoms with van der Waals surface area (Å²) in [5, 5.41) is 2.87. The van der Waals surface area contributed by atoms with Gasteiger partial charge < -0.3 is 24.8 Å². The fourth-order valence-electron chi connectivity index (χ4n) is 6.41. The second-order valence-corrected chi connectivity index (χ2v) is 13.5. The molecule has 1 amide bonds. The van der Waals surface area contributed by atoms with Crippen LogP contribution >= 0.6 is 0 Å². The quantitative estimate of drug-likeness (QED) is 0.276. The van der Waals surface area contributed by atoms with Crippen molar-refractivity contribution in [3.05, 3.63) is 76.1 Å². The SMILES string of the molecule is CCOC(=O)c1c(C)[nH]c(C=C2C(=O)Nc3ccc(S(=O)(=O)N4CCc5ccccc54)cc32)c1CCCN1CCN(C)CC1. The fourth-order valence-corrected chi connectivity index (χ4v) is 7.94. The Hall–Kier alpha value is -3.93. The van der Waals surface area contributed by atoms with Gasteiger partial charge in [-0.2, -0.15) is 0 Å². The zero-order chi connectivity index (χ0) is 31.0. The molecule has 0 radical (unpaired) electrons. The third kappa shape index (κ3) is 5.67. The molecule has 0 saturated carbocycles.